The second-order valence-corrected chi connectivity index (χ2v) is 5.17. The number of nitrogens with zero attached hydrogens (tertiary/aromatic N) is 3. The third-order valence-corrected chi connectivity index (χ3v) is 3.39. The largest absolute Gasteiger partial charge is 0.378 e. The van der Waals surface area contributed by atoms with Crippen LogP contribution in [-0.4, -0.2) is 22.1 Å². The minimum absolute atomic E-state index is 0.389. The van der Waals surface area contributed by atoms with E-state index < -0.39 is 0 Å². The van der Waals surface area contributed by atoms with Gasteiger partial charge in [0.1, 0.15) is 10.8 Å². The zero-order valence-electron chi connectivity index (χ0n) is 11.8. The van der Waals surface area contributed by atoms with Crippen molar-refractivity contribution in [1.82, 2.24) is 15.0 Å². The van der Waals surface area contributed by atoms with Gasteiger partial charge in [0, 0.05) is 12.5 Å². The quantitative estimate of drug-likeness (QED) is 0.690. The Morgan fingerprint density at radius 3 is 2.71 bits per heavy atom. The molecule has 2 heterocycles. The first-order valence-electron chi connectivity index (χ1n) is 6.56. The molecule has 0 aliphatic carbocycles. The molecule has 0 unspecified atom stereocenters. The van der Waals surface area contributed by atoms with E-state index in [4.69, 9.17) is 16.3 Å². The molecular formula is C16H14ClN3O. The van der Waals surface area contributed by atoms with E-state index >= 15 is 0 Å². The summed E-state index contributed by atoms with van der Waals surface area (Å²) in [6, 6.07) is 11.7. The molecule has 3 aromatic rings. The molecule has 0 saturated carbocycles. The molecule has 106 valence electrons. The number of ether oxygens (including phenoxy) is 1. The van der Waals surface area contributed by atoms with Crippen LogP contribution in [0.5, 0.6) is 0 Å². The zero-order chi connectivity index (χ0) is 14.8. The van der Waals surface area contributed by atoms with E-state index in [1.54, 1.807) is 13.2 Å². The molecule has 21 heavy (non-hydrogen) atoms. The first-order chi connectivity index (χ1) is 10.2. The summed E-state index contributed by atoms with van der Waals surface area (Å²) in [6.45, 7) is 2.44. The predicted molar refractivity (Wildman–Crippen MR) is 83.2 cm³/mol. The minimum Gasteiger partial charge on any atom is -0.378 e. The van der Waals surface area contributed by atoms with Crippen molar-refractivity contribution in [3.05, 3.63) is 52.8 Å². The number of methoxy groups -OCH3 is 1. The average molecular weight is 300 g/mol. The van der Waals surface area contributed by atoms with Crippen LogP contribution in [0.3, 0.4) is 0 Å². The predicted octanol–water partition coefficient (Wildman–Crippen LogP) is 3.80. The Morgan fingerprint density at radius 1 is 1.10 bits per heavy atom. The number of benzene rings is 1. The summed E-state index contributed by atoms with van der Waals surface area (Å²) in [5, 5.41) is 1.51. The van der Waals surface area contributed by atoms with E-state index in [0.717, 1.165) is 22.2 Å². The molecule has 0 saturated heterocycles. The number of hydrogen-bond acceptors (Lipinski definition) is 4. The lowest BCUT2D eigenvalue weighted by Gasteiger charge is -2.07. The Balaban J connectivity index is 2.16. The van der Waals surface area contributed by atoms with E-state index in [1.807, 2.05) is 31.2 Å². The molecule has 0 radical (unpaired) electrons. The standard InChI is InChI=1S/C16H14ClN3O/c1-10-7-14(19-13-6-4-3-5-12(10)13)16-18-11(9-21-2)8-15(17)20-16/h3-8H,9H2,1-2H3. The first-order valence-corrected chi connectivity index (χ1v) is 6.94. The van der Waals surface area contributed by atoms with Crippen molar-refractivity contribution in [2.45, 2.75) is 13.5 Å². The molecule has 0 atom stereocenters. The molecule has 0 aliphatic rings. The fraction of sp³-hybridized carbons (Fsp3) is 0.188. The van der Waals surface area contributed by atoms with Crippen molar-refractivity contribution in [3.8, 4) is 11.5 Å². The molecule has 4 nitrogen and oxygen atoms in total. The van der Waals surface area contributed by atoms with Crippen LogP contribution < -0.4 is 0 Å². The Morgan fingerprint density at radius 2 is 1.90 bits per heavy atom. The van der Waals surface area contributed by atoms with Gasteiger partial charge in [-0.3, -0.25) is 0 Å². The van der Waals surface area contributed by atoms with Crippen molar-refractivity contribution in [3.63, 3.8) is 0 Å². The number of aryl methyl sites for hydroxylation is 1. The van der Waals surface area contributed by atoms with Gasteiger partial charge in [-0.15, -0.1) is 0 Å². The van der Waals surface area contributed by atoms with Gasteiger partial charge < -0.3 is 4.74 Å². The Hall–Kier alpha value is -2.04. The smallest absolute Gasteiger partial charge is 0.179 e. The molecule has 0 N–H and O–H groups in total. The normalized spacial score (nSPS) is 11.0. The molecule has 2 aromatic heterocycles. The van der Waals surface area contributed by atoms with E-state index in [2.05, 4.69) is 21.0 Å². The van der Waals surface area contributed by atoms with Gasteiger partial charge >= 0.3 is 0 Å². The average Bonchev–Trinajstić information content (AvgIpc) is 2.47. The molecule has 0 bridgehead atoms. The number of hydrogen-bond donors (Lipinski definition) is 0. The van der Waals surface area contributed by atoms with Crippen molar-refractivity contribution in [2.75, 3.05) is 7.11 Å². The fourth-order valence-corrected chi connectivity index (χ4v) is 2.47. The summed E-state index contributed by atoms with van der Waals surface area (Å²) < 4.78 is 5.10. The van der Waals surface area contributed by atoms with Gasteiger partial charge in [-0.2, -0.15) is 0 Å². The van der Waals surface area contributed by atoms with Gasteiger partial charge in [0.2, 0.25) is 0 Å². The van der Waals surface area contributed by atoms with Crippen LogP contribution in [0.25, 0.3) is 22.4 Å². The Bertz CT molecular complexity index is 805. The van der Waals surface area contributed by atoms with Crippen LogP contribution in [0.2, 0.25) is 5.15 Å². The number of pyridine rings is 1. The van der Waals surface area contributed by atoms with E-state index in [9.17, 15) is 0 Å². The van der Waals surface area contributed by atoms with Gasteiger partial charge in [-0.05, 0) is 30.7 Å². The maximum absolute atomic E-state index is 6.06. The van der Waals surface area contributed by atoms with Crippen LogP contribution in [0.15, 0.2) is 36.4 Å². The number of fused-ring (bicyclic) bond motifs is 1. The van der Waals surface area contributed by atoms with Gasteiger partial charge in [0.25, 0.3) is 0 Å². The third-order valence-electron chi connectivity index (χ3n) is 3.19. The second-order valence-electron chi connectivity index (χ2n) is 4.78. The SMILES string of the molecule is COCc1cc(Cl)nc(-c2cc(C)c3ccccc3n2)n1. The van der Waals surface area contributed by atoms with E-state index in [0.29, 0.717) is 23.3 Å². The van der Waals surface area contributed by atoms with E-state index in [1.165, 1.54) is 0 Å². The summed E-state index contributed by atoms with van der Waals surface area (Å²) in [5.41, 5.74) is 3.50. The van der Waals surface area contributed by atoms with Crippen LogP contribution in [0.1, 0.15) is 11.3 Å². The maximum atomic E-state index is 6.06. The second kappa shape index (κ2) is 5.76. The molecule has 1 aromatic carbocycles. The maximum Gasteiger partial charge on any atom is 0.179 e. The van der Waals surface area contributed by atoms with Crippen molar-refractivity contribution >= 4 is 22.5 Å². The van der Waals surface area contributed by atoms with Gasteiger partial charge in [-0.1, -0.05) is 29.8 Å². The lowest BCUT2D eigenvalue weighted by Crippen LogP contribution is -1.99. The Labute approximate surface area is 127 Å². The van der Waals surface area contributed by atoms with Gasteiger partial charge in [0.15, 0.2) is 5.82 Å². The highest BCUT2D eigenvalue weighted by molar-refractivity contribution is 6.29. The van der Waals surface area contributed by atoms with Crippen LogP contribution in [0.4, 0.5) is 0 Å². The topological polar surface area (TPSA) is 47.9 Å². The molecule has 5 heteroatoms. The molecule has 0 spiro atoms. The van der Waals surface area contributed by atoms with Crippen LogP contribution in [-0.2, 0) is 11.3 Å². The number of para-hydroxylation sites is 1. The fourth-order valence-electron chi connectivity index (χ4n) is 2.26. The van der Waals surface area contributed by atoms with Crippen LogP contribution in [0, 0.1) is 6.92 Å². The highest BCUT2D eigenvalue weighted by Crippen LogP contribution is 2.23. The monoisotopic (exact) mass is 299 g/mol. The van der Waals surface area contributed by atoms with Crippen molar-refractivity contribution < 1.29 is 4.74 Å². The zero-order valence-corrected chi connectivity index (χ0v) is 12.6. The first kappa shape index (κ1) is 13.9. The number of rotatable bonds is 3. The molecular weight excluding hydrogens is 286 g/mol. The number of halogens is 1. The summed E-state index contributed by atoms with van der Waals surface area (Å²) in [5.74, 6) is 0.517. The lowest BCUT2D eigenvalue weighted by atomic mass is 10.1. The highest BCUT2D eigenvalue weighted by Gasteiger charge is 2.10. The minimum atomic E-state index is 0.389. The summed E-state index contributed by atoms with van der Waals surface area (Å²) in [7, 11) is 1.62. The van der Waals surface area contributed by atoms with Crippen LogP contribution >= 0.6 is 11.6 Å². The Kier molecular flexibility index (Phi) is 3.82. The molecule has 3 rings (SSSR count). The molecule has 0 fully saturated rings. The summed E-state index contributed by atoms with van der Waals surface area (Å²) in [4.78, 5) is 13.4. The lowest BCUT2D eigenvalue weighted by molar-refractivity contribution is 0.181. The van der Waals surface area contributed by atoms with Gasteiger partial charge in [-0.25, -0.2) is 15.0 Å². The molecule has 0 aliphatic heterocycles. The van der Waals surface area contributed by atoms with Crippen molar-refractivity contribution in [2.24, 2.45) is 0 Å². The number of aromatic nitrogens is 3. The summed E-state index contributed by atoms with van der Waals surface area (Å²) >= 11 is 6.06. The van der Waals surface area contributed by atoms with E-state index in [-0.39, 0.29) is 0 Å². The van der Waals surface area contributed by atoms with Crippen molar-refractivity contribution in [1.29, 1.82) is 0 Å². The van der Waals surface area contributed by atoms with Gasteiger partial charge in [0.05, 0.1) is 17.8 Å². The third kappa shape index (κ3) is 2.86. The summed E-state index contributed by atoms with van der Waals surface area (Å²) in [6.07, 6.45) is 0. The highest BCUT2D eigenvalue weighted by atomic mass is 35.5. The molecule has 0 amide bonds.